The number of nitrogens with zero attached hydrogens (tertiary/aromatic N) is 1. The van der Waals surface area contributed by atoms with Gasteiger partial charge in [-0.05, 0) is 26.7 Å². The minimum absolute atomic E-state index is 0.160. The number of ether oxygens (including phenoxy) is 1. The van der Waals surface area contributed by atoms with Crippen LogP contribution in [0.3, 0.4) is 0 Å². The quantitative estimate of drug-likeness (QED) is 0.760. The van der Waals surface area contributed by atoms with Crippen LogP contribution in [0.5, 0.6) is 0 Å². The molecule has 1 amide bonds. The Morgan fingerprint density at radius 2 is 2.00 bits per heavy atom. The van der Waals surface area contributed by atoms with Gasteiger partial charge in [-0.3, -0.25) is 4.79 Å². The van der Waals surface area contributed by atoms with Gasteiger partial charge in [0, 0.05) is 18.7 Å². The summed E-state index contributed by atoms with van der Waals surface area (Å²) in [5.41, 5.74) is 1.52. The van der Waals surface area contributed by atoms with E-state index in [0.717, 1.165) is 11.3 Å². The van der Waals surface area contributed by atoms with E-state index in [9.17, 15) is 9.90 Å². The number of carbonyl (C=O) groups excluding carboxylic acids is 1. The van der Waals surface area contributed by atoms with Crippen LogP contribution < -0.4 is 5.32 Å². The molecule has 0 saturated carbocycles. The molecule has 1 aromatic rings. The number of rotatable bonds is 8. The average molecular weight is 298 g/mol. The molecule has 0 saturated heterocycles. The number of aliphatic hydroxyl groups is 1. The Balaban J connectivity index is 2.40. The van der Waals surface area contributed by atoms with Gasteiger partial charge in [0.15, 0.2) is 0 Å². The van der Waals surface area contributed by atoms with Crippen molar-refractivity contribution in [2.45, 2.75) is 46.6 Å². The van der Waals surface area contributed by atoms with E-state index >= 15 is 0 Å². The summed E-state index contributed by atoms with van der Waals surface area (Å²) in [6.07, 6.45) is -0.704. The molecule has 0 fully saturated rings. The molecule has 0 aliphatic heterocycles. The fraction of sp³-hybridized carbons (Fsp3) is 0.733. The molecule has 120 valence electrons. The third-order valence-electron chi connectivity index (χ3n) is 3.19. The smallest absolute Gasteiger partial charge is 0.227 e. The minimum Gasteiger partial charge on any atom is -0.389 e. The van der Waals surface area contributed by atoms with Crippen LogP contribution in [0.25, 0.3) is 0 Å². The number of aryl methyl sites for hydroxylation is 2. The van der Waals surface area contributed by atoms with Crippen molar-refractivity contribution in [1.29, 1.82) is 0 Å². The van der Waals surface area contributed by atoms with Crippen molar-refractivity contribution in [2.75, 3.05) is 19.8 Å². The van der Waals surface area contributed by atoms with Gasteiger partial charge < -0.3 is 19.7 Å². The monoisotopic (exact) mass is 298 g/mol. The highest BCUT2D eigenvalue weighted by atomic mass is 16.5. The highest BCUT2D eigenvalue weighted by molar-refractivity contribution is 5.83. The Labute approximate surface area is 125 Å². The summed E-state index contributed by atoms with van der Waals surface area (Å²) in [6.45, 7) is 10.5. The molecule has 0 bridgehead atoms. The number of aliphatic hydroxyl groups excluding tert-OH is 1. The zero-order chi connectivity index (χ0) is 16.0. The molecule has 1 rings (SSSR count). The summed E-state index contributed by atoms with van der Waals surface area (Å²) in [5, 5.41) is 16.3. The van der Waals surface area contributed by atoms with Crippen molar-refractivity contribution in [1.82, 2.24) is 10.5 Å². The van der Waals surface area contributed by atoms with Crippen LogP contribution in [0.1, 0.15) is 43.7 Å². The highest BCUT2D eigenvalue weighted by Crippen LogP contribution is 2.22. The predicted molar refractivity (Wildman–Crippen MR) is 79.1 cm³/mol. The lowest BCUT2D eigenvalue weighted by molar-refractivity contribution is -0.122. The number of carbonyl (C=O) groups is 1. The largest absolute Gasteiger partial charge is 0.389 e. The van der Waals surface area contributed by atoms with Crippen LogP contribution in [0.2, 0.25) is 0 Å². The molecule has 0 aliphatic rings. The van der Waals surface area contributed by atoms with Gasteiger partial charge >= 0.3 is 0 Å². The maximum absolute atomic E-state index is 12.1. The fourth-order valence-electron chi connectivity index (χ4n) is 2.11. The lowest BCUT2D eigenvalue weighted by Gasteiger charge is -2.16. The van der Waals surface area contributed by atoms with E-state index in [-0.39, 0.29) is 25.0 Å². The normalized spacial score (nSPS) is 14.2. The zero-order valence-electron chi connectivity index (χ0n) is 13.5. The Morgan fingerprint density at radius 1 is 1.33 bits per heavy atom. The third kappa shape index (κ3) is 5.47. The Bertz CT molecular complexity index is 437. The summed E-state index contributed by atoms with van der Waals surface area (Å²) in [6, 6.07) is 0. The van der Waals surface area contributed by atoms with Gasteiger partial charge in [-0.1, -0.05) is 19.0 Å². The van der Waals surface area contributed by atoms with E-state index in [0.29, 0.717) is 18.3 Å². The van der Waals surface area contributed by atoms with E-state index in [2.05, 4.69) is 10.5 Å². The van der Waals surface area contributed by atoms with Gasteiger partial charge in [0.05, 0.1) is 24.3 Å². The first-order chi connectivity index (χ1) is 9.82. The molecule has 0 spiro atoms. The Kier molecular flexibility index (Phi) is 6.84. The second-order valence-electron chi connectivity index (χ2n) is 5.79. The summed E-state index contributed by atoms with van der Waals surface area (Å²) < 4.78 is 10.4. The number of nitrogens with one attached hydrogen (secondary N) is 1. The van der Waals surface area contributed by atoms with E-state index in [1.54, 1.807) is 13.8 Å². The molecule has 2 N–H and O–H groups in total. The number of hydrogen-bond donors (Lipinski definition) is 2. The second kappa shape index (κ2) is 8.14. The van der Waals surface area contributed by atoms with E-state index in [1.165, 1.54) is 0 Å². The molecule has 2 unspecified atom stereocenters. The van der Waals surface area contributed by atoms with Crippen LogP contribution in [0.4, 0.5) is 0 Å². The molecule has 1 heterocycles. The molecule has 21 heavy (non-hydrogen) atoms. The fourth-order valence-corrected chi connectivity index (χ4v) is 2.11. The first kappa shape index (κ1) is 17.7. The lowest BCUT2D eigenvalue weighted by atomic mass is 9.99. The lowest BCUT2D eigenvalue weighted by Crippen LogP contribution is -2.37. The molecule has 0 aliphatic carbocycles. The summed E-state index contributed by atoms with van der Waals surface area (Å²) >= 11 is 0. The highest BCUT2D eigenvalue weighted by Gasteiger charge is 2.23. The number of hydrogen-bond acceptors (Lipinski definition) is 5. The second-order valence-corrected chi connectivity index (χ2v) is 5.79. The van der Waals surface area contributed by atoms with Crippen molar-refractivity contribution < 1.29 is 19.2 Å². The van der Waals surface area contributed by atoms with Crippen molar-refractivity contribution in [2.24, 2.45) is 5.92 Å². The Hall–Kier alpha value is -1.40. The van der Waals surface area contributed by atoms with Crippen LogP contribution in [-0.2, 0) is 9.53 Å². The van der Waals surface area contributed by atoms with Crippen molar-refractivity contribution in [3.05, 3.63) is 17.0 Å². The summed E-state index contributed by atoms with van der Waals surface area (Å²) in [5.74, 6) is 0.551. The maximum Gasteiger partial charge on any atom is 0.227 e. The average Bonchev–Trinajstić information content (AvgIpc) is 2.74. The molecule has 2 atom stereocenters. The topological polar surface area (TPSA) is 84.6 Å². The maximum atomic E-state index is 12.1. The predicted octanol–water partition coefficient (Wildman–Crippen LogP) is 1.54. The summed E-state index contributed by atoms with van der Waals surface area (Å²) in [7, 11) is 0. The number of aromatic nitrogens is 1. The molecule has 6 heteroatoms. The first-order valence-corrected chi connectivity index (χ1v) is 7.29. The summed E-state index contributed by atoms with van der Waals surface area (Å²) in [4.78, 5) is 12.1. The van der Waals surface area contributed by atoms with Crippen molar-refractivity contribution in [3.8, 4) is 0 Å². The van der Waals surface area contributed by atoms with E-state index in [4.69, 9.17) is 9.26 Å². The van der Waals surface area contributed by atoms with Crippen molar-refractivity contribution >= 4 is 5.91 Å². The SMILES string of the molecule is Cc1noc(C)c1C(C)C(=O)NCC(O)COCC(C)C. The molecule has 1 aromatic heterocycles. The van der Waals surface area contributed by atoms with Crippen LogP contribution in [0, 0.1) is 19.8 Å². The van der Waals surface area contributed by atoms with Gasteiger partial charge in [-0.25, -0.2) is 0 Å². The number of amides is 1. The van der Waals surface area contributed by atoms with Gasteiger partial charge in [0.1, 0.15) is 5.76 Å². The zero-order valence-corrected chi connectivity index (χ0v) is 13.5. The van der Waals surface area contributed by atoms with Crippen LogP contribution >= 0.6 is 0 Å². The Morgan fingerprint density at radius 3 is 2.52 bits per heavy atom. The van der Waals surface area contributed by atoms with E-state index < -0.39 is 6.10 Å². The molecule has 0 aromatic carbocycles. The van der Waals surface area contributed by atoms with Crippen LogP contribution in [-0.4, -0.2) is 42.0 Å². The van der Waals surface area contributed by atoms with E-state index in [1.807, 2.05) is 20.8 Å². The minimum atomic E-state index is -0.704. The first-order valence-electron chi connectivity index (χ1n) is 7.29. The molecule has 0 radical (unpaired) electrons. The molecular formula is C15H26N2O4. The standard InChI is InChI=1S/C15H26N2O4/c1-9(2)7-20-8-13(18)6-16-15(19)10(3)14-11(4)17-21-12(14)5/h9-10,13,18H,6-8H2,1-5H3,(H,16,19). The van der Waals surface area contributed by atoms with Crippen molar-refractivity contribution in [3.63, 3.8) is 0 Å². The van der Waals surface area contributed by atoms with Gasteiger partial charge in [-0.2, -0.15) is 0 Å². The van der Waals surface area contributed by atoms with Gasteiger partial charge in [0.2, 0.25) is 5.91 Å². The molecule has 6 nitrogen and oxygen atoms in total. The van der Waals surface area contributed by atoms with Gasteiger partial charge in [0.25, 0.3) is 0 Å². The van der Waals surface area contributed by atoms with Crippen LogP contribution in [0.15, 0.2) is 4.52 Å². The van der Waals surface area contributed by atoms with Gasteiger partial charge in [-0.15, -0.1) is 0 Å². The third-order valence-corrected chi connectivity index (χ3v) is 3.19. The molecular weight excluding hydrogens is 272 g/mol.